The van der Waals surface area contributed by atoms with E-state index in [1.807, 2.05) is 0 Å². The van der Waals surface area contributed by atoms with Gasteiger partial charge in [0.25, 0.3) is 11.7 Å². The number of carbonyl (C=O) groups is 1. The van der Waals surface area contributed by atoms with E-state index in [1.165, 1.54) is 24.5 Å². The molecule has 3 aromatic rings. The number of anilines is 1. The first-order valence-corrected chi connectivity index (χ1v) is 9.16. The van der Waals surface area contributed by atoms with Crippen LogP contribution in [-0.4, -0.2) is 53.3 Å². The zero-order valence-electron chi connectivity index (χ0n) is 15.4. The molecule has 0 unspecified atom stereocenters. The molecule has 1 heterocycles. The van der Waals surface area contributed by atoms with Crippen LogP contribution in [0.3, 0.4) is 0 Å². The third-order valence-electron chi connectivity index (χ3n) is 3.32. The number of benzene rings is 2. The van der Waals surface area contributed by atoms with Crippen molar-refractivity contribution in [1.29, 1.82) is 0 Å². The summed E-state index contributed by atoms with van der Waals surface area (Å²) in [6, 6.07) is 17.4. The summed E-state index contributed by atoms with van der Waals surface area (Å²) in [4.78, 5) is 11.7. The Morgan fingerprint density at radius 3 is 2.32 bits per heavy atom. The number of aromatic nitrogens is 4. The van der Waals surface area contributed by atoms with Gasteiger partial charge in [0, 0.05) is 14.1 Å². The quantitative estimate of drug-likeness (QED) is 0.457. The van der Waals surface area contributed by atoms with E-state index in [4.69, 9.17) is 0 Å². The molecule has 0 aliphatic rings. The second-order valence-electron chi connectivity index (χ2n) is 5.46. The van der Waals surface area contributed by atoms with Crippen molar-refractivity contribution in [3.63, 3.8) is 0 Å². The number of hydrogen-bond donors (Lipinski definition) is 2. The molecular formula is C17H18N6O3SW. The van der Waals surface area contributed by atoms with Crippen molar-refractivity contribution < 1.29 is 34.3 Å². The molecule has 1 aromatic heterocycles. The summed E-state index contributed by atoms with van der Waals surface area (Å²) < 4.78 is 24.5. The van der Waals surface area contributed by atoms with Crippen LogP contribution in [0, 0.1) is 19.1 Å². The van der Waals surface area contributed by atoms with Gasteiger partial charge in [-0.3, -0.25) is 4.79 Å². The number of nitrogens with zero attached hydrogens (tertiary/aromatic N) is 4. The summed E-state index contributed by atoms with van der Waals surface area (Å²) in [5.41, 5.74) is 1.41. The summed E-state index contributed by atoms with van der Waals surface area (Å²) in [5, 5.41) is 15.2. The maximum Gasteiger partial charge on any atom is 2.00 e. The summed E-state index contributed by atoms with van der Waals surface area (Å²) >= 11 is 0. The Labute approximate surface area is 177 Å². The Morgan fingerprint density at radius 2 is 1.79 bits per heavy atom. The normalized spacial score (nSPS) is 10.4. The first-order valence-electron chi connectivity index (χ1n) is 7.72. The number of aromatic amines is 1. The summed E-state index contributed by atoms with van der Waals surface area (Å²) in [7, 11) is -0.274. The van der Waals surface area contributed by atoms with E-state index in [0.29, 0.717) is 10.6 Å². The Hall–Kier alpha value is -2.42. The van der Waals surface area contributed by atoms with Crippen LogP contribution in [0.5, 0.6) is 0 Å². The van der Waals surface area contributed by atoms with E-state index in [9.17, 15) is 13.2 Å². The number of carbonyl (C=O) groups excluding carboxylic acids is 1. The molecule has 0 aliphatic carbocycles. The summed E-state index contributed by atoms with van der Waals surface area (Å²) in [6.07, 6.45) is 0. The third kappa shape index (κ3) is 6.33. The molecule has 3 rings (SSSR count). The smallest absolute Gasteiger partial charge is 0.342 e. The van der Waals surface area contributed by atoms with Crippen molar-refractivity contribution >= 4 is 21.6 Å². The van der Waals surface area contributed by atoms with Gasteiger partial charge in [-0.25, -0.2) is 12.7 Å². The molecule has 0 atom stereocenters. The minimum atomic E-state index is -3.31. The van der Waals surface area contributed by atoms with Crippen molar-refractivity contribution in [1.82, 2.24) is 24.9 Å². The van der Waals surface area contributed by atoms with E-state index >= 15 is 0 Å². The Kier molecular flexibility index (Phi) is 9.11. The number of hydrogen-bond acceptors (Lipinski definition) is 6. The fourth-order valence-corrected chi connectivity index (χ4v) is 2.97. The van der Waals surface area contributed by atoms with Gasteiger partial charge in [0.05, 0.1) is 0 Å². The van der Waals surface area contributed by atoms with Gasteiger partial charge in [-0.05, 0) is 10.1 Å². The molecule has 0 bridgehead atoms. The van der Waals surface area contributed by atoms with Gasteiger partial charge in [-0.1, -0.05) is 12.6 Å². The number of amides is 1. The maximum absolute atomic E-state index is 11.7. The first-order chi connectivity index (χ1) is 12.8. The average molecular weight is 570 g/mol. The first kappa shape index (κ1) is 23.6. The monoisotopic (exact) mass is 570 g/mol. The fraction of sp³-hybridized carbons (Fsp3) is 0.176. The Bertz CT molecular complexity index is 979. The molecule has 11 heteroatoms. The molecule has 0 saturated carbocycles. The SMILES string of the molecule is Cc1cc[c-]cc1S(=O)(=O)N(C)C.O=C(Nc1cc[c-]cc1)c1nn[nH]n1.[W+2]. The summed E-state index contributed by atoms with van der Waals surface area (Å²) in [6.45, 7) is 1.77. The number of aryl methyl sites for hydroxylation is 1. The van der Waals surface area contributed by atoms with Gasteiger partial charge >= 0.3 is 21.1 Å². The second kappa shape index (κ2) is 10.8. The molecule has 28 heavy (non-hydrogen) atoms. The number of sulfonamides is 1. The van der Waals surface area contributed by atoms with Crippen LogP contribution in [0.4, 0.5) is 5.69 Å². The van der Waals surface area contributed by atoms with Crippen LogP contribution in [0.1, 0.15) is 16.2 Å². The zero-order chi connectivity index (χ0) is 19.9. The van der Waals surface area contributed by atoms with Gasteiger partial charge in [0.1, 0.15) is 0 Å². The Morgan fingerprint density at radius 1 is 1.14 bits per heavy atom. The molecule has 2 aromatic carbocycles. The number of nitrogens with one attached hydrogen (secondary N) is 2. The van der Waals surface area contributed by atoms with E-state index in [-0.39, 0.29) is 26.9 Å². The average Bonchev–Trinajstić information content (AvgIpc) is 3.18. The van der Waals surface area contributed by atoms with Crippen LogP contribution in [0.25, 0.3) is 0 Å². The molecule has 0 saturated heterocycles. The topological polar surface area (TPSA) is 121 Å². The van der Waals surface area contributed by atoms with Gasteiger partial charge in [-0.15, -0.1) is 27.9 Å². The van der Waals surface area contributed by atoms with Crippen LogP contribution in [0.15, 0.2) is 47.4 Å². The fourth-order valence-electron chi connectivity index (χ4n) is 1.88. The van der Waals surface area contributed by atoms with Crippen molar-refractivity contribution in [2.75, 3.05) is 19.4 Å². The number of tetrazole rings is 1. The predicted molar refractivity (Wildman–Crippen MR) is 98.3 cm³/mol. The van der Waals surface area contributed by atoms with E-state index < -0.39 is 15.9 Å². The molecular weight excluding hydrogens is 552 g/mol. The summed E-state index contributed by atoms with van der Waals surface area (Å²) in [5.74, 6) is -0.386. The molecule has 9 nitrogen and oxygen atoms in total. The van der Waals surface area contributed by atoms with Gasteiger partial charge < -0.3 is 5.32 Å². The standard InChI is InChI=1S/C9H12NO2S.C8H6N5O.W/c1-8-6-4-5-7-9(8)13(11,12)10(2)3;14-8(7-10-12-13-11-7)9-6-4-2-1-3-5-6;/h4,6-7H,1-3H3;2-5H,(H,9,14)(H,10,11,12,13);/q2*-1;+2. The molecule has 0 fully saturated rings. The van der Waals surface area contributed by atoms with Crippen molar-refractivity contribution in [3.8, 4) is 0 Å². The maximum atomic E-state index is 11.7. The molecule has 0 aliphatic heterocycles. The van der Waals surface area contributed by atoms with Gasteiger partial charge in [0.2, 0.25) is 0 Å². The third-order valence-corrected chi connectivity index (χ3v) is 5.27. The van der Waals surface area contributed by atoms with E-state index in [2.05, 4.69) is 38.1 Å². The minimum Gasteiger partial charge on any atom is -0.342 e. The molecule has 0 radical (unpaired) electrons. The number of rotatable bonds is 4. The van der Waals surface area contributed by atoms with Crippen molar-refractivity contribution in [3.05, 3.63) is 66.0 Å². The molecule has 2 N–H and O–H groups in total. The molecule has 0 spiro atoms. The van der Waals surface area contributed by atoms with E-state index in [0.717, 1.165) is 5.56 Å². The van der Waals surface area contributed by atoms with Crippen LogP contribution in [0.2, 0.25) is 0 Å². The van der Waals surface area contributed by atoms with Crippen molar-refractivity contribution in [2.45, 2.75) is 11.8 Å². The van der Waals surface area contributed by atoms with Crippen molar-refractivity contribution in [2.24, 2.45) is 0 Å². The van der Waals surface area contributed by atoms with E-state index in [1.54, 1.807) is 43.3 Å². The van der Waals surface area contributed by atoms with Gasteiger partial charge in [0.15, 0.2) is 10.0 Å². The molecule has 1 amide bonds. The zero-order valence-corrected chi connectivity index (χ0v) is 19.1. The van der Waals surface area contributed by atoms with Crippen LogP contribution >= 0.6 is 0 Å². The minimum absolute atomic E-state index is 0. The number of H-pyrrole nitrogens is 1. The van der Waals surface area contributed by atoms with Crippen LogP contribution < -0.4 is 5.32 Å². The molecule has 146 valence electrons. The largest absolute Gasteiger partial charge is 2.00 e. The van der Waals surface area contributed by atoms with Gasteiger partial charge in [-0.2, -0.15) is 47.7 Å². The second-order valence-corrected chi connectivity index (χ2v) is 7.58. The Balaban J connectivity index is 0.000000271. The van der Waals surface area contributed by atoms with Crippen LogP contribution in [-0.2, 0) is 31.1 Å². The predicted octanol–water partition coefficient (Wildman–Crippen LogP) is 1.30.